The van der Waals surface area contributed by atoms with Crippen molar-refractivity contribution in [3.05, 3.63) is 5.28 Å². The SMILES string of the molecule is Clc1nc(NC2CCCCCCCCC2)nc(NC2CCCCCCCCC2)n1. The molecule has 164 valence electrons. The summed E-state index contributed by atoms with van der Waals surface area (Å²) in [6, 6.07) is 0.876. The largest absolute Gasteiger partial charge is 0.351 e. The molecule has 2 aliphatic carbocycles. The van der Waals surface area contributed by atoms with Gasteiger partial charge in [-0.25, -0.2) is 0 Å². The van der Waals surface area contributed by atoms with E-state index >= 15 is 0 Å². The van der Waals surface area contributed by atoms with E-state index in [-0.39, 0.29) is 5.28 Å². The third-order valence-corrected chi connectivity index (χ3v) is 6.65. The minimum Gasteiger partial charge on any atom is -0.351 e. The second-order valence-electron chi connectivity index (χ2n) is 9.04. The van der Waals surface area contributed by atoms with E-state index < -0.39 is 0 Å². The minimum atomic E-state index is 0.282. The van der Waals surface area contributed by atoms with Crippen LogP contribution in [0.4, 0.5) is 11.9 Å². The predicted octanol–water partition coefficient (Wildman–Crippen LogP) is 7.14. The van der Waals surface area contributed by atoms with Crippen LogP contribution in [-0.4, -0.2) is 27.0 Å². The first-order chi connectivity index (χ1) is 14.3. The van der Waals surface area contributed by atoms with Crippen LogP contribution in [0.1, 0.15) is 116 Å². The number of aromatic nitrogens is 3. The number of nitrogens with zero attached hydrogens (tertiary/aromatic N) is 3. The first-order valence-corrected chi connectivity index (χ1v) is 12.6. The fraction of sp³-hybridized carbons (Fsp3) is 0.870. The van der Waals surface area contributed by atoms with Crippen molar-refractivity contribution in [3.63, 3.8) is 0 Å². The molecule has 0 unspecified atom stereocenters. The molecule has 0 atom stereocenters. The van der Waals surface area contributed by atoms with Crippen LogP contribution >= 0.6 is 11.6 Å². The molecular formula is C23H40ClN5. The highest BCUT2D eigenvalue weighted by molar-refractivity contribution is 6.28. The van der Waals surface area contributed by atoms with Gasteiger partial charge in [-0.1, -0.05) is 89.9 Å². The zero-order chi connectivity index (χ0) is 20.2. The molecule has 3 rings (SSSR count). The van der Waals surface area contributed by atoms with Crippen LogP contribution in [0.15, 0.2) is 0 Å². The fourth-order valence-corrected chi connectivity index (χ4v) is 4.91. The van der Waals surface area contributed by atoms with Crippen molar-refractivity contribution in [2.75, 3.05) is 10.6 Å². The summed E-state index contributed by atoms with van der Waals surface area (Å²) in [5.41, 5.74) is 0. The molecule has 1 heterocycles. The summed E-state index contributed by atoms with van der Waals surface area (Å²) in [7, 11) is 0. The van der Waals surface area contributed by atoms with Gasteiger partial charge in [-0.15, -0.1) is 0 Å². The maximum Gasteiger partial charge on any atom is 0.229 e. The Hall–Kier alpha value is -1.10. The zero-order valence-corrected chi connectivity index (χ0v) is 18.9. The van der Waals surface area contributed by atoms with Crippen molar-refractivity contribution < 1.29 is 0 Å². The smallest absolute Gasteiger partial charge is 0.229 e. The van der Waals surface area contributed by atoms with E-state index in [0.717, 1.165) is 0 Å². The Morgan fingerprint density at radius 3 is 1.14 bits per heavy atom. The Balaban J connectivity index is 1.58. The van der Waals surface area contributed by atoms with Gasteiger partial charge >= 0.3 is 0 Å². The lowest BCUT2D eigenvalue weighted by Gasteiger charge is -2.22. The van der Waals surface area contributed by atoms with Gasteiger partial charge in [0.2, 0.25) is 17.2 Å². The average Bonchev–Trinajstić information content (AvgIpc) is 2.71. The summed E-state index contributed by atoms with van der Waals surface area (Å²) in [6.45, 7) is 0. The minimum absolute atomic E-state index is 0.282. The number of halogens is 1. The van der Waals surface area contributed by atoms with Gasteiger partial charge in [0.25, 0.3) is 0 Å². The van der Waals surface area contributed by atoms with Gasteiger partial charge < -0.3 is 10.6 Å². The molecule has 0 spiro atoms. The Morgan fingerprint density at radius 1 is 0.483 bits per heavy atom. The lowest BCUT2D eigenvalue weighted by atomic mass is 9.97. The van der Waals surface area contributed by atoms with E-state index in [1.165, 1.54) is 116 Å². The maximum atomic E-state index is 6.26. The normalized spacial score (nSPS) is 22.0. The quantitative estimate of drug-likeness (QED) is 0.541. The third kappa shape index (κ3) is 9.06. The van der Waals surface area contributed by atoms with Crippen LogP contribution in [-0.2, 0) is 0 Å². The van der Waals surface area contributed by atoms with E-state index in [1.807, 2.05) is 0 Å². The summed E-state index contributed by atoms with van der Waals surface area (Å²) in [5.74, 6) is 1.27. The molecule has 2 saturated carbocycles. The molecule has 2 fully saturated rings. The molecule has 0 aliphatic heterocycles. The lowest BCUT2D eigenvalue weighted by Crippen LogP contribution is -2.24. The van der Waals surface area contributed by atoms with Crippen LogP contribution in [0.5, 0.6) is 0 Å². The van der Waals surface area contributed by atoms with E-state index in [4.69, 9.17) is 11.6 Å². The Bertz CT molecular complexity index is 516. The Morgan fingerprint density at radius 2 is 0.793 bits per heavy atom. The Kier molecular flexibility index (Phi) is 10.3. The van der Waals surface area contributed by atoms with Crippen molar-refractivity contribution in [2.45, 2.75) is 128 Å². The van der Waals surface area contributed by atoms with Crippen LogP contribution in [0.2, 0.25) is 5.28 Å². The molecule has 1 aromatic rings. The first-order valence-electron chi connectivity index (χ1n) is 12.2. The molecule has 2 aliphatic rings. The van der Waals surface area contributed by atoms with Crippen LogP contribution in [0, 0.1) is 0 Å². The van der Waals surface area contributed by atoms with E-state index in [1.54, 1.807) is 0 Å². The number of rotatable bonds is 4. The molecule has 0 saturated heterocycles. The van der Waals surface area contributed by atoms with Gasteiger partial charge in [-0.3, -0.25) is 0 Å². The molecule has 2 N–H and O–H groups in total. The van der Waals surface area contributed by atoms with Crippen molar-refractivity contribution in [1.29, 1.82) is 0 Å². The molecule has 5 nitrogen and oxygen atoms in total. The predicted molar refractivity (Wildman–Crippen MR) is 123 cm³/mol. The van der Waals surface area contributed by atoms with Crippen molar-refractivity contribution >= 4 is 23.5 Å². The standard InChI is InChI=1S/C23H40ClN5/c24-21-27-22(25-19-15-11-7-3-1-4-8-12-16-19)29-23(28-21)26-20-17-13-9-5-2-6-10-14-18-20/h19-20H,1-18H2,(H2,25,26,27,28,29). The molecule has 0 bridgehead atoms. The van der Waals surface area contributed by atoms with Gasteiger partial charge in [-0.2, -0.15) is 15.0 Å². The van der Waals surface area contributed by atoms with Gasteiger partial charge in [0.05, 0.1) is 0 Å². The second-order valence-corrected chi connectivity index (χ2v) is 9.38. The summed E-state index contributed by atoms with van der Waals surface area (Å²) in [4.78, 5) is 13.4. The monoisotopic (exact) mass is 421 g/mol. The fourth-order valence-electron chi connectivity index (χ4n) is 4.75. The molecule has 1 aromatic heterocycles. The van der Waals surface area contributed by atoms with Gasteiger partial charge in [0.1, 0.15) is 0 Å². The van der Waals surface area contributed by atoms with E-state index in [0.29, 0.717) is 24.0 Å². The van der Waals surface area contributed by atoms with E-state index in [9.17, 15) is 0 Å². The number of anilines is 2. The van der Waals surface area contributed by atoms with Crippen LogP contribution < -0.4 is 10.6 Å². The molecule has 0 amide bonds. The van der Waals surface area contributed by atoms with Crippen molar-refractivity contribution in [3.8, 4) is 0 Å². The third-order valence-electron chi connectivity index (χ3n) is 6.48. The lowest BCUT2D eigenvalue weighted by molar-refractivity contribution is 0.473. The summed E-state index contributed by atoms with van der Waals surface area (Å²) in [6.07, 6.45) is 23.5. The topological polar surface area (TPSA) is 62.7 Å². The van der Waals surface area contributed by atoms with Crippen LogP contribution in [0.3, 0.4) is 0 Å². The molecular weight excluding hydrogens is 382 g/mol. The second kappa shape index (κ2) is 13.3. The van der Waals surface area contributed by atoms with Crippen molar-refractivity contribution in [1.82, 2.24) is 15.0 Å². The van der Waals surface area contributed by atoms with Gasteiger partial charge in [0.15, 0.2) is 0 Å². The maximum absolute atomic E-state index is 6.26. The Labute approximate surface area is 182 Å². The number of nitrogens with one attached hydrogen (secondary N) is 2. The number of hydrogen-bond acceptors (Lipinski definition) is 5. The average molecular weight is 422 g/mol. The first kappa shape index (κ1) is 22.6. The summed E-state index contributed by atoms with van der Waals surface area (Å²) >= 11 is 6.26. The molecule has 6 heteroatoms. The highest BCUT2D eigenvalue weighted by Gasteiger charge is 2.16. The molecule has 0 aromatic carbocycles. The van der Waals surface area contributed by atoms with Crippen molar-refractivity contribution in [2.24, 2.45) is 0 Å². The highest BCUT2D eigenvalue weighted by atomic mass is 35.5. The van der Waals surface area contributed by atoms with Crippen LogP contribution in [0.25, 0.3) is 0 Å². The zero-order valence-electron chi connectivity index (χ0n) is 18.1. The van der Waals surface area contributed by atoms with Gasteiger partial charge in [-0.05, 0) is 37.3 Å². The summed E-state index contributed by atoms with van der Waals surface area (Å²) in [5, 5.41) is 7.42. The number of hydrogen-bond donors (Lipinski definition) is 2. The van der Waals surface area contributed by atoms with E-state index in [2.05, 4.69) is 25.6 Å². The summed E-state index contributed by atoms with van der Waals surface area (Å²) < 4.78 is 0. The molecule has 29 heavy (non-hydrogen) atoms. The molecule has 0 radical (unpaired) electrons. The van der Waals surface area contributed by atoms with Gasteiger partial charge in [0, 0.05) is 12.1 Å². The highest BCUT2D eigenvalue weighted by Crippen LogP contribution is 2.22.